The minimum Gasteiger partial charge on any atom is -0.340 e. The van der Waals surface area contributed by atoms with Crippen molar-refractivity contribution in [3.05, 3.63) is 65.2 Å². The maximum Gasteiger partial charge on any atom is 0.251 e. The molecule has 1 N–H and O–H groups in total. The van der Waals surface area contributed by atoms with E-state index in [4.69, 9.17) is 11.6 Å². The van der Waals surface area contributed by atoms with Crippen molar-refractivity contribution in [3.63, 3.8) is 0 Å². The summed E-state index contributed by atoms with van der Waals surface area (Å²) in [4.78, 5) is 30.7. The maximum atomic E-state index is 13.5. The summed E-state index contributed by atoms with van der Waals surface area (Å²) in [6.07, 6.45) is 2.83. The van der Waals surface area contributed by atoms with Crippen LogP contribution < -0.4 is 5.32 Å². The Labute approximate surface area is 225 Å². The number of rotatable bonds is 8. The molecule has 7 nitrogen and oxygen atoms in total. The number of hydrogen-bond acceptors (Lipinski definition) is 5. The first kappa shape index (κ1) is 27.6. The lowest BCUT2D eigenvalue weighted by Crippen LogP contribution is -2.53. The van der Waals surface area contributed by atoms with Gasteiger partial charge in [0.1, 0.15) is 6.04 Å². The van der Waals surface area contributed by atoms with Gasteiger partial charge in [-0.25, -0.2) is 8.42 Å². The molecule has 1 aliphatic carbocycles. The quantitative estimate of drug-likeness (QED) is 0.541. The number of amides is 2. The molecule has 2 aliphatic rings. The summed E-state index contributed by atoms with van der Waals surface area (Å²) < 4.78 is 26.7. The van der Waals surface area contributed by atoms with Gasteiger partial charge >= 0.3 is 0 Å². The molecule has 0 radical (unpaired) electrons. The Hall–Kier alpha value is -2.42. The number of benzene rings is 2. The number of hydrogen-bond donors (Lipinski definition) is 1. The molecule has 0 aromatic heterocycles. The zero-order chi connectivity index (χ0) is 26.7. The van der Waals surface area contributed by atoms with E-state index in [0.29, 0.717) is 40.9 Å². The van der Waals surface area contributed by atoms with E-state index in [2.05, 4.69) is 31.1 Å². The fourth-order valence-corrected chi connectivity index (χ4v) is 7.52. The van der Waals surface area contributed by atoms with Gasteiger partial charge in [0, 0.05) is 35.3 Å². The largest absolute Gasteiger partial charge is 0.340 e. The highest BCUT2D eigenvalue weighted by Crippen LogP contribution is 2.35. The Morgan fingerprint density at radius 1 is 1.11 bits per heavy atom. The number of nitrogens with one attached hydrogen (secondary N) is 1. The molecular weight excluding hydrogens is 510 g/mol. The number of carbonyl (C=O) groups excluding carboxylic acids is 2. The van der Waals surface area contributed by atoms with Crippen molar-refractivity contribution in [2.75, 3.05) is 19.3 Å². The van der Waals surface area contributed by atoms with Gasteiger partial charge in [-0.2, -0.15) is 0 Å². The smallest absolute Gasteiger partial charge is 0.251 e. The van der Waals surface area contributed by atoms with E-state index in [0.717, 1.165) is 12.8 Å². The lowest BCUT2D eigenvalue weighted by molar-refractivity contribution is -0.133. The lowest BCUT2D eigenvalue weighted by Gasteiger charge is -2.44. The molecule has 1 aliphatic heterocycles. The number of halogens is 1. The Balaban J connectivity index is 1.52. The molecule has 2 amide bonds. The van der Waals surface area contributed by atoms with E-state index in [1.165, 1.54) is 0 Å². The molecule has 1 saturated carbocycles. The number of nitrogens with zero attached hydrogens (tertiary/aromatic N) is 2. The van der Waals surface area contributed by atoms with Gasteiger partial charge in [-0.15, -0.1) is 0 Å². The summed E-state index contributed by atoms with van der Waals surface area (Å²) in [5, 5.41) is 3.31. The van der Waals surface area contributed by atoms with Gasteiger partial charge in [0.15, 0.2) is 9.84 Å². The number of sulfone groups is 1. The first-order chi connectivity index (χ1) is 17.6. The molecule has 0 bridgehead atoms. The third-order valence-corrected chi connectivity index (χ3v) is 9.97. The summed E-state index contributed by atoms with van der Waals surface area (Å²) in [5.74, 6) is -0.684. The fraction of sp³-hybridized carbons (Fsp3) is 0.500. The molecule has 4 rings (SSSR count). The Bertz CT molecular complexity index is 1220. The fourth-order valence-electron chi connectivity index (χ4n) is 5.65. The summed E-state index contributed by atoms with van der Waals surface area (Å²) >= 11 is 6.02. The lowest BCUT2D eigenvalue weighted by atomic mass is 9.81. The second-order valence-electron chi connectivity index (χ2n) is 10.5. The predicted octanol–water partition coefficient (Wildman–Crippen LogP) is 4.02. The van der Waals surface area contributed by atoms with Crippen molar-refractivity contribution in [2.24, 2.45) is 5.92 Å². The molecule has 200 valence electrons. The second kappa shape index (κ2) is 11.5. The van der Waals surface area contributed by atoms with Crippen molar-refractivity contribution < 1.29 is 18.0 Å². The molecule has 0 unspecified atom stereocenters. The van der Waals surface area contributed by atoms with Crippen LogP contribution in [0.3, 0.4) is 0 Å². The summed E-state index contributed by atoms with van der Waals surface area (Å²) in [6, 6.07) is 14.9. The molecule has 1 heterocycles. The van der Waals surface area contributed by atoms with Crippen molar-refractivity contribution in [1.82, 2.24) is 15.1 Å². The van der Waals surface area contributed by atoms with Crippen LogP contribution in [0, 0.1) is 5.92 Å². The van der Waals surface area contributed by atoms with Crippen LogP contribution in [0.4, 0.5) is 0 Å². The van der Waals surface area contributed by atoms with E-state index in [9.17, 15) is 18.0 Å². The minimum atomic E-state index is -3.52. The number of likely N-dealkylation sites (tertiary alicyclic amines) is 1. The molecule has 1 saturated heterocycles. The predicted molar refractivity (Wildman–Crippen MR) is 145 cm³/mol. The topological polar surface area (TPSA) is 86.8 Å². The monoisotopic (exact) mass is 545 g/mol. The SMILES string of the molecule is CC(C)N(C)[C@@H]1CC[C@H](N2CC[C@H](NC(=O)c3cccc(Cl)c3)C2=O)[C@@H](CS(=O)(=O)c2ccccc2)C1. The molecule has 2 aromatic rings. The highest BCUT2D eigenvalue weighted by atomic mass is 35.5. The standard InChI is InChI=1S/C28H36ClN3O4S/c1-19(2)31(3)23-12-13-26(21(17-23)18-37(35,36)24-10-5-4-6-11-24)32-15-14-25(28(32)34)30-27(33)20-8-7-9-22(29)16-20/h4-11,16,19,21,23,25-26H,12-15,17-18H2,1-3H3,(H,30,33)/t21-,23-,25+,26+/m1/s1. The minimum absolute atomic E-state index is 0.00651. The molecule has 9 heteroatoms. The van der Waals surface area contributed by atoms with Crippen molar-refractivity contribution in [1.29, 1.82) is 0 Å². The molecule has 4 atom stereocenters. The number of carbonyl (C=O) groups is 2. The Morgan fingerprint density at radius 2 is 1.84 bits per heavy atom. The molecule has 2 aromatic carbocycles. The molecule has 2 fully saturated rings. The van der Waals surface area contributed by atoms with Crippen LogP contribution in [0.15, 0.2) is 59.5 Å². The van der Waals surface area contributed by atoms with Gasteiger partial charge in [-0.05, 0) is 82.8 Å². The van der Waals surface area contributed by atoms with Crippen LogP contribution in [-0.4, -0.2) is 73.5 Å². The van der Waals surface area contributed by atoms with Crippen molar-refractivity contribution in [3.8, 4) is 0 Å². The van der Waals surface area contributed by atoms with Crippen LogP contribution in [0.2, 0.25) is 5.02 Å². The maximum absolute atomic E-state index is 13.5. The third-order valence-electron chi connectivity index (χ3n) is 7.87. The average molecular weight is 546 g/mol. The van der Waals surface area contributed by atoms with Gasteiger partial charge in [-0.1, -0.05) is 35.9 Å². The van der Waals surface area contributed by atoms with E-state index < -0.39 is 15.9 Å². The first-order valence-corrected chi connectivity index (χ1v) is 15.0. The summed E-state index contributed by atoms with van der Waals surface area (Å²) in [5.41, 5.74) is 0.405. The summed E-state index contributed by atoms with van der Waals surface area (Å²) in [6.45, 7) is 4.77. The molecular formula is C28H36ClN3O4S. The zero-order valence-electron chi connectivity index (χ0n) is 21.6. The van der Waals surface area contributed by atoms with Crippen molar-refractivity contribution >= 4 is 33.3 Å². The highest BCUT2D eigenvalue weighted by Gasteiger charge is 2.44. The van der Waals surface area contributed by atoms with E-state index in [1.807, 2.05) is 4.90 Å². The van der Waals surface area contributed by atoms with Crippen molar-refractivity contribution in [2.45, 2.75) is 68.6 Å². The normalized spacial score (nSPS) is 24.6. The van der Waals surface area contributed by atoms with Crippen LogP contribution in [-0.2, 0) is 14.6 Å². The second-order valence-corrected chi connectivity index (χ2v) is 13.0. The summed E-state index contributed by atoms with van der Waals surface area (Å²) in [7, 11) is -1.44. The van der Waals surface area contributed by atoms with Gasteiger partial charge in [0.25, 0.3) is 5.91 Å². The van der Waals surface area contributed by atoms with E-state index >= 15 is 0 Å². The van der Waals surface area contributed by atoms with Crippen LogP contribution in [0.5, 0.6) is 0 Å². The molecule has 37 heavy (non-hydrogen) atoms. The van der Waals surface area contributed by atoms with Gasteiger partial charge in [0.05, 0.1) is 10.6 Å². The van der Waals surface area contributed by atoms with E-state index in [1.54, 1.807) is 54.6 Å². The zero-order valence-corrected chi connectivity index (χ0v) is 23.2. The average Bonchev–Trinajstić information content (AvgIpc) is 3.23. The van der Waals surface area contributed by atoms with Gasteiger partial charge in [-0.3, -0.25) is 9.59 Å². The van der Waals surface area contributed by atoms with Crippen LogP contribution in [0.1, 0.15) is 49.9 Å². The third kappa shape index (κ3) is 6.36. The van der Waals surface area contributed by atoms with Crippen LogP contribution in [0.25, 0.3) is 0 Å². The van der Waals surface area contributed by atoms with Crippen LogP contribution >= 0.6 is 11.6 Å². The van der Waals surface area contributed by atoms with Gasteiger partial charge in [0.2, 0.25) is 5.91 Å². The van der Waals surface area contributed by atoms with Gasteiger partial charge < -0.3 is 15.1 Å². The molecule has 0 spiro atoms. The first-order valence-electron chi connectivity index (χ1n) is 12.9. The van der Waals surface area contributed by atoms with E-state index in [-0.39, 0.29) is 35.6 Å². The Morgan fingerprint density at radius 3 is 2.51 bits per heavy atom. The Kier molecular flexibility index (Phi) is 8.61. The highest BCUT2D eigenvalue weighted by molar-refractivity contribution is 7.91.